The van der Waals surface area contributed by atoms with Gasteiger partial charge in [0, 0.05) is 0 Å². The zero-order valence-electron chi connectivity index (χ0n) is 11.0. The van der Waals surface area contributed by atoms with E-state index in [-0.39, 0.29) is 0 Å². The van der Waals surface area contributed by atoms with E-state index in [0.29, 0.717) is 6.42 Å². The van der Waals surface area contributed by atoms with Crippen molar-refractivity contribution >= 4 is 11.9 Å². The topological polar surface area (TPSA) is 101 Å². The van der Waals surface area contributed by atoms with Gasteiger partial charge in [-0.15, -0.1) is 0 Å². The van der Waals surface area contributed by atoms with Gasteiger partial charge in [-0.25, -0.2) is 4.79 Å². The van der Waals surface area contributed by atoms with Crippen LogP contribution in [-0.2, 0) is 9.59 Å². The lowest BCUT2D eigenvalue weighted by Gasteiger charge is -2.21. The van der Waals surface area contributed by atoms with Gasteiger partial charge < -0.3 is 15.9 Å². The highest BCUT2D eigenvalue weighted by Gasteiger charge is 2.38. The van der Waals surface area contributed by atoms with Gasteiger partial charge in [0.2, 0.25) is 0 Å². The zero-order valence-corrected chi connectivity index (χ0v) is 11.0. The van der Waals surface area contributed by atoms with Crippen molar-refractivity contribution in [3.63, 3.8) is 0 Å². The van der Waals surface area contributed by atoms with Crippen molar-refractivity contribution in [2.45, 2.75) is 57.2 Å². The molecule has 0 aliphatic heterocycles. The van der Waals surface area contributed by atoms with Crippen LogP contribution in [0.25, 0.3) is 0 Å². The van der Waals surface area contributed by atoms with E-state index in [1.807, 2.05) is 0 Å². The number of carboxylic acids is 2. The number of hydrogen-bond donors (Lipinski definition) is 3. The first kappa shape index (κ1) is 18.7. The first-order valence-electron chi connectivity index (χ1n) is 6.43. The van der Waals surface area contributed by atoms with Crippen LogP contribution >= 0.6 is 0 Å². The summed E-state index contributed by atoms with van der Waals surface area (Å²) in [6.45, 7) is 0. The third-order valence-electron chi connectivity index (χ3n) is 3.17. The van der Waals surface area contributed by atoms with E-state index in [4.69, 9.17) is 20.7 Å². The standard InChI is InChI=1S/C10H19NO2.C2HF3O2/c11-9(10(12)13)7-6-8-4-2-1-3-5-8;3-2(4,5)1(6)7/h8-9H,1-7,11H2,(H,12,13);(H,6,7). The number of rotatable bonds is 4. The minimum atomic E-state index is -5.08. The maximum Gasteiger partial charge on any atom is 0.490 e. The van der Waals surface area contributed by atoms with E-state index < -0.39 is 24.2 Å². The number of carboxylic acid groups (broad SMARTS) is 2. The van der Waals surface area contributed by atoms with E-state index in [2.05, 4.69) is 0 Å². The maximum atomic E-state index is 10.6. The third kappa shape index (κ3) is 8.73. The molecule has 4 N–H and O–H groups in total. The molecule has 20 heavy (non-hydrogen) atoms. The molecule has 0 spiro atoms. The summed E-state index contributed by atoms with van der Waals surface area (Å²) in [5.41, 5.74) is 5.43. The number of halogens is 3. The van der Waals surface area contributed by atoms with Crippen molar-refractivity contribution < 1.29 is 33.0 Å². The highest BCUT2D eigenvalue weighted by atomic mass is 19.4. The predicted octanol–water partition coefficient (Wildman–Crippen LogP) is 2.39. The van der Waals surface area contributed by atoms with Crippen LogP contribution < -0.4 is 5.73 Å². The van der Waals surface area contributed by atoms with Crippen LogP contribution in [0.2, 0.25) is 0 Å². The Hall–Kier alpha value is -1.31. The Kier molecular flexibility index (Phi) is 8.21. The van der Waals surface area contributed by atoms with E-state index in [9.17, 15) is 18.0 Å². The van der Waals surface area contributed by atoms with Crippen LogP contribution in [-0.4, -0.2) is 34.4 Å². The Morgan fingerprint density at radius 2 is 1.60 bits per heavy atom. The summed E-state index contributed by atoms with van der Waals surface area (Å²) in [5.74, 6) is -2.89. The highest BCUT2D eigenvalue weighted by molar-refractivity contribution is 5.73. The second-order valence-electron chi connectivity index (χ2n) is 4.83. The van der Waals surface area contributed by atoms with E-state index in [0.717, 1.165) is 12.3 Å². The smallest absolute Gasteiger partial charge is 0.480 e. The number of hydrogen-bond acceptors (Lipinski definition) is 3. The minimum absolute atomic E-state index is 0.639. The number of carbonyl (C=O) groups is 2. The van der Waals surface area contributed by atoms with Gasteiger partial charge in [0.15, 0.2) is 0 Å². The van der Waals surface area contributed by atoms with Crippen molar-refractivity contribution in [1.29, 1.82) is 0 Å². The van der Waals surface area contributed by atoms with Gasteiger partial charge in [-0.2, -0.15) is 13.2 Å². The quantitative estimate of drug-likeness (QED) is 0.740. The molecule has 1 aliphatic rings. The first-order valence-corrected chi connectivity index (χ1v) is 6.43. The molecule has 5 nitrogen and oxygen atoms in total. The van der Waals surface area contributed by atoms with Crippen LogP contribution in [0.4, 0.5) is 13.2 Å². The Bertz CT molecular complexity index is 314. The van der Waals surface area contributed by atoms with Crippen molar-refractivity contribution in [2.24, 2.45) is 11.7 Å². The molecular formula is C12H20F3NO4. The fraction of sp³-hybridized carbons (Fsp3) is 0.833. The Morgan fingerprint density at radius 3 is 1.95 bits per heavy atom. The molecule has 0 aromatic rings. The lowest BCUT2D eigenvalue weighted by Crippen LogP contribution is -2.30. The Labute approximate surface area is 115 Å². The zero-order chi connectivity index (χ0) is 15.8. The summed E-state index contributed by atoms with van der Waals surface area (Å²) in [5, 5.41) is 15.7. The van der Waals surface area contributed by atoms with Gasteiger partial charge in [0.05, 0.1) is 0 Å². The van der Waals surface area contributed by atoms with Crippen LogP contribution in [0.1, 0.15) is 44.9 Å². The Morgan fingerprint density at radius 1 is 1.15 bits per heavy atom. The molecule has 0 aromatic carbocycles. The van der Waals surface area contributed by atoms with Gasteiger partial charge >= 0.3 is 18.1 Å². The number of aliphatic carboxylic acids is 2. The van der Waals surface area contributed by atoms with Crippen molar-refractivity contribution in [3.8, 4) is 0 Å². The van der Waals surface area contributed by atoms with Crippen LogP contribution in [0.15, 0.2) is 0 Å². The summed E-state index contributed by atoms with van der Waals surface area (Å²) in [6, 6.07) is -0.651. The summed E-state index contributed by atoms with van der Waals surface area (Å²) in [4.78, 5) is 19.3. The summed E-state index contributed by atoms with van der Waals surface area (Å²) in [6.07, 6.45) is 3.06. The largest absolute Gasteiger partial charge is 0.490 e. The molecule has 0 radical (unpaired) electrons. The first-order chi connectivity index (χ1) is 9.14. The molecule has 0 bridgehead atoms. The molecular weight excluding hydrogens is 279 g/mol. The average Bonchev–Trinajstić information content (AvgIpc) is 2.36. The molecule has 1 unspecified atom stereocenters. The second-order valence-corrected chi connectivity index (χ2v) is 4.83. The van der Waals surface area contributed by atoms with Crippen molar-refractivity contribution in [1.82, 2.24) is 0 Å². The molecule has 0 amide bonds. The van der Waals surface area contributed by atoms with Gasteiger partial charge in [-0.05, 0) is 18.8 Å². The van der Waals surface area contributed by atoms with E-state index >= 15 is 0 Å². The molecule has 8 heteroatoms. The molecule has 1 aliphatic carbocycles. The normalized spacial score (nSPS) is 17.8. The fourth-order valence-corrected chi connectivity index (χ4v) is 2.01. The number of nitrogens with two attached hydrogens (primary N) is 1. The molecule has 0 aromatic heterocycles. The summed E-state index contributed by atoms with van der Waals surface area (Å²) < 4.78 is 31.7. The van der Waals surface area contributed by atoms with Crippen LogP contribution in [0.5, 0.6) is 0 Å². The molecule has 0 heterocycles. The lowest BCUT2D eigenvalue weighted by atomic mass is 9.85. The van der Waals surface area contributed by atoms with Crippen LogP contribution in [0.3, 0.4) is 0 Å². The summed E-state index contributed by atoms with van der Waals surface area (Å²) in [7, 11) is 0. The van der Waals surface area contributed by atoms with Crippen molar-refractivity contribution in [2.75, 3.05) is 0 Å². The summed E-state index contributed by atoms with van der Waals surface area (Å²) >= 11 is 0. The minimum Gasteiger partial charge on any atom is -0.480 e. The predicted molar refractivity (Wildman–Crippen MR) is 65.1 cm³/mol. The Balaban J connectivity index is 0.000000441. The molecule has 1 saturated carbocycles. The molecule has 118 valence electrons. The highest BCUT2D eigenvalue weighted by Crippen LogP contribution is 2.27. The number of alkyl halides is 3. The monoisotopic (exact) mass is 299 g/mol. The average molecular weight is 299 g/mol. The maximum absolute atomic E-state index is 10.6. The molecule has 0 saturated heterocycles. The SMILES string of the molecule is NC(CCC1CCCCC1)C(=O)O.O=C(O)C(F)(F)F. The van der Waals surface area contributed by atoms with Gasteiger partial charge in [0.25, 0.3) is 0 Å². The van der Waals surface area contributed by atoms with Gasteiger partial charge in [-0.3, -0.25) is 4.79 Å². The molecule has 1 atom stereocenters. The fourth-order valence-electron chi connectivity index (χ4n) is 2.01. The second kappa shape index (κ2) is 8.78. The van der Waals surface area contributed by atoms with Gasteiger partial charge in [-0.1, -0.05) is 32.1 Å². The van der Waals surface area contributed by atoms with E-state index in [1.54, 1.807) is 0 Å². The van der Waals surface area contributed by atoms with E-state index in [1.165, 1.54) is 32.1 Å². The third-order valence-corrected chi connectivity index (χ3v) is 3.17. The van der Waals surface area contributed by atoms with Crippen LogP contribution in [0, 0.1) is 5.92 Å². The lowest BCUT2D eigenvalue weighted by molar-refractivity contribution is -0.192. The van der Waals surface area contributed by atoms with Crippen molar-refractivity contribution in [3.05, 3.63) is 0 Å². The molecule has 1 fully saturated rings. The van der Waals surface area contributed by atoms with Gasteiger partial charge in [0.1, 0.15) is 6.04 Å². The molecule has 1 rings (SSSR count).